The van der Waals surface area contributed by atoms with Crippen molar-refractivity contribution < 1.29 is 4.39 Å². The van der Waals surface area contributed by atoms with Crippen LogP contribution in [0.3, 0.4) is 0 Å². The number of aromatic amines is 2. The summed E-state index contributed by atoms with van der Waals surface area (Å²) in [5, 5.41) is 12.8. The molecular weight excluding hydrogens is 571 g/mol. The molecule has 0 aliphatic heterocycles. The van der Waals surface area contributed by atoms with Gasteiger partial charge in [-0.05, 0) is 72.5 Å². The van der Waals surface area contributed by atoms with Crippen molar-refractivity contribution in [2.75, 3.05) is 11.6 Å². The molecule has 4 N–H and O–H groups in total. The fourth-order valence-electron chi connectivity index (χ4n) is 5.55. The highest BCUT2D eigenvalue weighted by Gasteiger charge is 2.21. The van der Waals surface area contributed by atoms with E-state index in [-0.39, 0.29) is 5.82 Å². The van der Waals surface area contributed by atoms with Crippen LogP contribution in [0.15, 0.2) is 79.7 Å². The molecule has 5 heterocycles. The molecule has 0 spiro atoms. The molecule has 44 heavy (non-hydrogen) atoms. The Labute approximate surface area is 255 Å². The molecule has 1 aliphatic carbocycles. The molecule has 1 saturated carbocycles. The SMILES string of the molecule is C=C(Nc1cncc(-c2cnc3n[nH]c(-c4cc5c(-c6cc(F)cc(CNS(=C)(=C)C)c6)cncc5[nH]4)c3c2)c1)C1CCC1. The lowest BCUT2D eigenvalue weighted by atomic mass is 9.83. The van der Waals surface area contributed by atoms with Crippen molar-refractivity contribution in [3.8, 4) is 33.6 Å². The van der Waals surface area contributed by atoms with Gasteiger partial charge in [0.2, 0.25) is 0 Å². The third-order valence-corrected chi connectivity index (χ3v) is 8.93. The number of allylic oxidation sites excluding steroid dienone is 1. The number of benzene rings is 1. The monoisotopic (exact) mass is 604 g/mol. The third-order valence-electron chi connectivity index (χ3n) is 8.09. The molecule has 0 unspecified atom stereocenters. The van der Waals surface area contributed by atoms with Gasteiger partial charge in [0.15, 0.2) is 5.65 Å². The van der Waals surface area contributed by atoms with Gasteiger partial charge in [0, 0.05) is 58.3 Å². The van der Waals surface area contributed by atoms with Gasteiger partial charge < -0.3 is 10.3 Å². The first-order valence-corrected chi connectivity index (χ1v) is 16.8. The van der Waals surface area contributed by atoms with E-state index in [2.05, 4.69) is 70.6 Å². The predicted molar refractivity (Wildman–Crippen MR) is 182 cm³/mol. The number of aromatic nitrogens is 6. The molecule has 0 radical (unpaired) electrons. The Bertz CT molecular complexity index is 2160. The molecule has 0 bridgehead atoms. The fourth-order valence-corrected chi connectivity index (χ4v) is 6.07. The summed E-state index contributed by atoms with van der Waals surface area (Å²) < 4.78 is 18.0. The first-order valence-electron chi connectivity index (χ1n) is 14.4. The maximum absolute atomic E-state index is 14.7. The van der Waals surface area contributed by atoms with Crippen molar-refractivity contribution in [3.63, 3.8) is 0 Å². The van der Waals surface area contributed by atoms with Crippen LogP contribution >= 0.6 is 9.39 Å². The lowest BCUT2D eigenvalue weighted by Gasteiger charge is -2.28. The van der Waals surface area contributed by atoms with E-state index in [9.17, 15) is 4.39 Å². The average Bonchev–Trinajstić information content (AvgIpc) is 3.58. The van der Waals surface area contributed by atoms with Crippen LogP contribution in [-0.2, 0) is 6.54 Å². The number of rotatable bonds is 9. The van der Waals surface area contributed by atoms with Gasteiger partial charge in [-0.1, -0.05) is 24.7 Å². The number of hydrogen-bond acceptors (Lipinski definition) is 6. The smallest absolute Gasteiger partial charge is 0.181 e. The molecule has 0 amide bonds. The van der Waals surface area contributed by atoms with Crippen molar-refractivity contribution in [3.05, 3.63) is 91.0 Å². The molecule has 1 aliphatic rings. The van der Waals surface area contributed by atoms with Gasteiger partial charge in [-0.15, -0.1) is 0 Å². The molecule has 0 atom stereocenters. The predicted octanol–water partition coefficient (Wildman–Crippen LogP) is 7.40. The molecule has 10 heteroatoms. The summed E-state index contributed by atoms with van der Waals surface area (Å²) >= 11 is 0. The van der Waals surface area contributed by atoms with Crippen LogP contribution in [-0.4, -0.2) is 48.1 Å². The van der Waals surface area contributed by atoms with Crippen molar-refractivity contribution in [1.29, 1.82) is 0 Å². The quantitative estimate of drug-likeness (QED) is 0.128. The molecule has 8 nitrogen and oxygen atoms in total. The van der Waals surface area contributed by atoms with Gasteiger partial charge in [0.25, 0.3) is 0 Å². The Morgan fingerprint density at radius 1 is 0.955 bits per heavy atom. The van der Waals surface area contributed by atoms with E-state index < -0.39 is 9.39 Å². The number of pyridine rings is 3. The highest BCUT2D eigenvalue weighted by Crippen LogP contribution is 2.36. The van der Waals surface area contributed by atoms with Crippen molar-refractivity contribution in [2.45, 2.75) is 25.8 Å². The Morgan fingerprint density at radius 2 is 1.77 bits per heavy atom. The fraction of sp³-hybridized carbons (Fsp3) is 0.176. The molecule has 6 aromatic rings. The van der Waals surface area contributed by atoms with Crippen LogP contribution in [0, 0.1) is 11.7 Å². The Morgan fingerprint density at radius 3 is 2.57 bits per heavy atom. The zero-order chi connectivity index (χ0) is 30.4. The molecular formula is C34H33FN8S. The number of nitrogens with one attached hydrogen (secondary N) is 4. The van der Waals surface area contributed by atoms with E-state index in [1.54, 1.807) is 12.4 Å². The summed E-state index contributed by atoms with van der Waals surface area (Å²) in [6.45, 7) is 4.70. The number of halogens is 1. The lowest BCUT2D eigenvalue weighted by Crippen LogP contribution is -2.18. The minimum atomic E-state index is -1.43. The summed E-state index contributed by atoms with van der Waals surface area (Å²) in [6, 6.07) is 11.2. The van der Waals surface area contributed by atoms with Gasteiger partial charge in [-0.3, -0.25) is 19.8 Å². The molecule has 222 valence electrons. The summed E-state index contributed by atoms with van der Waals surface area (Å²) in [5.41, 5.74) is 9.27. The number of H-pyrrole nitrogens is 2. The maximum atomic E-state index is 14.7. The van der Waals surface area contributed by atoms with Crippen molar-refractivity contribution in [1.82, 2.24) is 34.9 Å². The van der Waals surface area contributed by atoms with E-state index in [4.69, 9.17) is 0 Å². The Balaban J connectivity index is 1.23. The molecule has 1 aromatic carbocycles. The van der Waals surface area contributed by atoms with E-state index >= 15 is 0 Å². The zero-order valence-electron chi connectivity index (χ0n) is 24.5. The van der Waals surface area contributed by atoms with Crippen molar-refractivity contribution in [2.24, 2.45) is 5.92 Å². The molecule has 7 rings (SSSR count). The van der Waals surface area contributed by atoms with Gasteiger partial charge in [0.1, 0.15) is 5.82 Å². The van der Waals surface area contributed by atoms with E-state index in [0.29, 0.717) is 18.1 Å². The van der Waals surface area contributed by atoms with Crippen LogP contribution in [0.5, 0.6) is 0 Å². The van der Waals surface area contributed by atoms with Crippen LogP contribution in [0.1, 0.15) is 24.8 Å². The first-order chi connectivity index (χ1) is 21.2. The summed E-state index contributed by atoms with van der Waals surface area (Å²) in [5.74, 6) is 8.33. The first kappa shape index (κ1) is 28.0. The van der Waals surface area contributed by atoms with Crippen LogP contribution in [0.25, 0.3) is 55.6 Å². The minimum absolute atomic E-state index is 0.309. The molecule has 5 aromatic heterocycles. The highest BCUT2D eigenvalue weighted by molar-refractivity contribution is 8.25. The summed E-state index contributed by atoms with van der Waals surface area (Å²) in [7, 11) is -1.43. The zero-order valence-corrected chi connectivity index (χ0v) is 25.3. The number of hydrogen-bond donors (Lipinski definition) is 4. The van der Waals surface area contributed by atoms with Gasteiger partial charge in [0.05, 0.1) is 35.0 Å². The maximum Gasteiger partial charge on any atom is 0.181 e. The summed E-state index contributed by atoms with van der Waals surface area (Å²) in [6.07, 6.45) is 14.6. The highest BCUT2D eigenvalue weighted by atomic mass is 32.2. The Hall–Kier alpha value is -4.80. The van der Waals surface area contributed by atoms with E-state index in [1.807, 2.05) is 37.0 Å². The standard InChI is InChI=1S/C34H33FN8S/c1-20(22-6-5-7-22)40-27-11-24(15-36-17-27)25-12-29-33(42-43-34(29)38-16-25)31-13-28-30(18-37-19-32(28)41-31)23-8-21(9-26(35)10-23)14-39-44(2,3)4/h8-13,15-19,22,39-41H,1-3,5-7,14H2,4H3,(H,38,42,43). The number of nitrogens with zero attached hydrogens (tertiary/aromatic N) is 4. The van der Waals surface area contributed by atoms with E-state index in [0.717, 1.165) is 66.9 Å². The summed E-state index contributed by atoms with van der Waals surface area (Å²) in [4.78, 5) is 17.0. The number of fused-ring (bicyclic) bond motifs is 2. The lowest BCUT2D eigenvalue weighted by molar-refractivity contribution is 0.371. The van der Waals surface area contributed by atoms with Gasteiger partial charge in [-0.2, -0.15) is 14.5 Å². The third kappa shape index (κ3) is 5.61. The normalized spacial score (nSPS) is 13.8. The van der Waals surface area contributed by atoms with Crippen LogP contribution in [0.4, 0.5) is 10.1 Å². The van der Waals surface area contributed by atoms with Crippen LogP contribution < -0.4 is 10.0 Å². The van der Waals surface area contributed by atoms with Gasteiger partial charge in [-0.25, -0.2) is 9.37 Å². The van der Waals surface area contributed by atoms with Crippen molar-refractivity contribution >= 4 is 48.8 Å². The average molecular weight is 605 g/mol. The molecule has 0 saturated heterocycles. The Kier molecular flexibility index (Phi) is 7.02. The number of anilines is 1. The second-order valence-electron chi connectivity index (χ2n) is 11.7. The van der Waals surface area contributed by atoms with Gasteiger partial charge >= 0.3 is 0 Å². The topological polar surface area (TPSA) is 107 Å². The minimum Gasteiger partial charge on any atom is -0.358 e. The second kappa shape index (κ2) is 11.0. The largest absolute Gasteiger partial charge is 0.358 e. The second-order valence-corrected chi connectivity index (χ2v) is 14.5. The van der Waals surface area contributed by atoms with E-state index in [1.165, 1.54) is 31.4 Å². The molecule has 1 fully saturated rings. The van der Waals surface area contributed by atoms with Crippen LogP contribution in [0.2, 0.25) is 0 Å².